The van der Waals surface area contributed by atoms with Crippen LogP contribution in [0.15, 0.2) is 46.3 Å². The van der Waals surface area contributed by atoms with Crippen LogP contribution in [0.25, 0.3) is 22.7 Å². The number of thiazole rings is 1. The molecule has 0 amide bonds. The quantitative estimate of drug-likeness (QED) is 0.800. The zero-order chi connectivity index (χ0) is 13.6. The molecule has 0 bridgehead atoms. The molecule has 5 heteroatoms. The fraction of sp³-hybridized carbons (Fsp3) is 0.200. The Labute approximate surface area is 120 Å². The van der Waals surface area contributed by atoms with Crippen molar-refractivity contribution in [1.82, 2.24) is 10.1 Å². The Balaban J connectivity index is 1.66. The van der Waals surface area contributed by atoms with Crippen molar-refractivity contribution in [3.8, 4) is 22.7 Å². The van der Waals surface area contributed by atoms with E-state index in [0.717, 1.165) is 34.8 Å². The van der Waals surface area contributed by atoms with Crippen LogP contribution in [-0.2, 0) is 5.54 Å². The number of nitrogens with zero attached hydrogens (tertiary/aromatic N) is 2. The molecule has 1 fully saturated rings. The third kappa shape index (κ3) is 1.95. The maximum atomic E-state index is 6.16. The van der Waals surface area contributed by atoms with Gasteiger partial charge in [-0.05, 0) is 12.8 Å². The van der Waals surface area contributed by atoms with Gasteiger partial charge in [0, 0.05) is 17.0 Å². The molecular formula is C15H13N3OS. The molecule has 2 heterocycles. The molecule has 0 radical (unpaired) electrons. The second-order valence-electron chi connectivity index (χ2n) is 5.14. The van der Waals surface area contributed by atoms with Crippen LogP contribution in [0.4, 0.5) is 0 Å². The van der Waals surface area contributed by atoms with Gasteiger partial charge in [0.2, 0.25) is 0 Å². The van der Waals surface area contributed by atoms with Crippen molar-refractivity contribution in [2.24, 2.45) is 5.73 Å². The summed E-state index contributed by atoms with van der Waals surface area (Å²) < 4.78 is 5.40. The van der Waals surface area contributed by atoms with Crippen molar-refractivity contribution in [2.45, 2.75) is 18.4 Å². The van der Waals surface area contributed by atoms with E-state index in [1.165, 1.54) is 0 Å². The van der Waals surface area contributed by atoms with Gasteiger partial charge in [0.15, 0.2) is 5.76 Å². The molecule has 20 heavy (non-hydrogen) atoms. The largest absolute Gasteiger partial charge is 0.354 e. The maximum absolute atomic E-state index is 6.16. The van der Waals surface area contributed by atoms with E-state index in [4.69, 9.17) is 10.3 Å². The molecule has 1 saturated carbocycles. The van der Waals surface area contributed by atoms with Crippen LogP contribution in [0.1, 0.15) is 17.8 Å². The van der Waals surface area contributed by atoms with E-state index in [2.05, 4.69) is 10.1 Å². The van der Waals surface area contributed by atoms with Crippen molar-refractivity contribution in [2.75, 3.05) is 0 Å². The Kier molecular flexibility index (Phi) is 2.52. The van der Waals surface area contributed by atoms with Crippen LogP contribution in [0.3, 0.4) is 0 Å². The highest BCUT2D eigenvalue weighted by Gasteiger charge is 2.43. The molecule has 1 aliphatic rings. The van der Waals surface area contributed by atoms with Crippen molar-refractivity contribution in [3.63, 3.8) is 0 Å². The van der Waals surface area contributed by atoms with Gasteiger partial charge >= 0.3 is 0 Å². The van der Waals surface area contributed by atoms with Crippen molar-refractivity contribution >= 4 is 11.3 Å². The number of hydrogen-bond donors (Lipinski definition) is 1. The Hall–Kier alpha value is -1.98. The minimum absolute atomic E-state index is 0.189. The summed E-state index contributed by atoms with van der Waals surface area (Å²) in [6.45, 7) is 0. The molecule has 2 N–H and O–H groups in total. The van der Waals surface area contributed by atoms with Gasteiger partial charge in [0.05, 0.1) is 5.54 Å². The van der Waals surface area contributed by atoms with E-state index >= 15 is 0 Å². The number of rotatable bonds is 3. The first-order valence-corrected chi connectivity index (χ1v) is 7.40. The van der Waals surface area contributed by atoms with Gasteiger partial charge in [0.1, 0.15) is 16.4 Å². The Morgan fingerprint density at radius 2 is 1.95 bits per heavy atom. The summed E-state index contributed by atoms with van der Waals surface area (Å²) in [7, 11) is 0. The van der Waals surface area contributed by atoms with E-state index in [1.807, 2.05) is 41.8 Å². The molecule has 0 saturated heterocycles. The summed E-state index contributed by atoms with van der Waals surface area (Å²) in [5, 5.41) is 7.08. The van der Waals surface area contributed by atoms with Crippen LogP contribution in [0, 0.1) is 0 Å². The minimum atomic E-state index is -0.189. The topological polar surface area (TPSA) is 64.9 Å². The Bertz CT molecular complexity index is 743. The Morgan fingerprint density at radius 3 is 2.70 bits per heavy atom. The summed E-state index contributed by atoms with van der Waals surface area (Å²) >= 11 is 1.60. The summed E-state index contributed by atoms with van der Waals surface area (Å²) in [5.41, 5.74) is 8.64. The zero-order valence-corrected chi connectivity index (χ0v) is 11.6. The predicted octanol–water partition coefficient (Wildman–Crippen LogP) is 3.41. The molecule has 100 valence electrons. The molecule has 4 nitrogen and oxygen atoms in total. The summed E-state index contributed by atoms with van der Waals surface area (Å²) in [4.78, 5) is 4.58. The number of hydrogen-bond acceptors (Lipinski definition) is 5. The van der Waals surface area contributed by atoms with Crippen LogP contribution in [-0.4, -0.2) is 10.1 Å². The summed E-state index contributed by atoms with van der Waals surface area (Å²) in [6, 6.07) is 11.9. The molecule has 1 aliphatic carbocycles. The third-order valence-corrected chi connectivity index (χ3v) is 4.61. The van der Waals surface area contributed by atoms with E-state index < -0.39 is 0 Å². The van der Waals surface area contributed by atoms with E-state index in [9.17, 15) is 0 Å². The molecule has 0 spiro atoms. The van der Waals surface area contributed by atoms with Crippen molar-refractivity contribution in [1.29, 1.82) is 0 Å². The first-order valence-electron chi connectivity index (χ1n) is 6.52. The molecule has 0 atom stereocenters. The van der Waals surface area contributed by atoms with Gasteiger partial charge in [-0.1, -0.05) is 35.5 Å². The number of benzene rings is 1. The Morgan fingerprint density at radius 1 is 1.15 bits per heavy atom. The van der Waals surface area contributed by atoms with Gasteiger partial charge in [0.25, 0.3) is 0 Å². The summed E-state index contributed by atoms with van der Waals surface area (Å²) in [6.07, 6.45) is 2.04. The normalized spacial score (nSPS) is 16.2. The highest BCUT2D eigenvalue weighted by atomic mass is 32.1. The second kappa shape index (κ2) is 4.26. The molecule has 4 rings (SSSR count). The van der Waals surface area contributed by atoms with Crippen LogP contribution in [0.2, 0.25) is 0 Å². The SMILES string of the molecule is NC1(c2nc(-c3cc(-c4ccccc4)no3)cs2)CC1. The average molecular weight is 283 g/mol. The molecule has 3 aromatic rings. The van der Waals surface area contributed by atoms with Crippen molar-refractivity contribution < 1.29 is 4.52 Å². The lowest BCUT2D eigenvalue weighted by Gasteiger charge is -2.00. The number of aromatic nitrogens is 2. The smallest absolute Gasteiger partial charge is 0.186 e. The van der Waals surface area contributed by atoms with E-state index in [1.54, 1.807) is 11.3 Å². The molecule has 1 aromatic carbocycles. The predicted molar refractivity (Wildman–Crippen MR) is 78.1 cm³/mol. The monoisotopic (exact) mass is 283 g/mol. The standard InChI is InChI=1S/C15H13N3OS/c16-15(6-7-15)14-17-12(9-20-14)13-8-11(18-19-13)10-4-2-1-3-5-10/h1-5,8-9H,6-7,16H2. The van der Waals surface area contributed by atoms with E-state index in [0.29, 0.717) is 5.76 Å². The van der Waals surface area contributed by atoms with E-state index in [-0.39, 0.29) is 5.54 Å². The fourth-order valence-corrected chi connectivity index (χ4v) is 3.09. The maximum Gasteiger partial charge on any atom is 0.186 e. The van der Waals surface area contributed by atoms with Gasteiger partial charge in [-0.3, -0.25) is 0 Å². The highest BCUT2D eigenvalue weighted by Crippen LogP contribution is 2.44. The summed E-state index contributed by atoms with van der Waals surface area (Å²) in [5.74, 6) is 0.690. The molecule has 0 aliphatic heterocycles. The third-order valence-electron chi connectivity index (χ3n) is 3.55. The van der Waals surface area contributed by atoms with Gasteiger partial charge < -0.3 is 10.3 Å². The average Bonchev–Trinajstić information content (AvgIpc) is 2.96. The highest BCUT2D eigenvalue weighted by molar-refractivity contribution is 7.10. The lowest BCUT2D eigenvalue weighted by molar-refractivity contribution is 0.433. The lowest BCUT2D eigenvalue weighted by atomic mass is 10.1. The van der Waals surface area contributed by atoms with Crippen LogP contribution >= 0.6 is 11.3 Å². The molecular weight excluding hydrogens is 270 g/mol. The van der Waals surface area contributed by atoms with Gasteiger partial charge in [-0.15, -0.1) is 11.3 Å². The van der Waals surface area contributed by atoms with Gasteiger partial charge in [-0.25, -0.2) is 4.98 Å². The fourth-order valence-electron chi connectivity index (χ4n) is 2.11. The number of nitrogens with two attached hydrogens (primary N) is 1. The molecule has 2 aromatic heterocycles. The first kappa shape index (κ1) is 11.8. The second-order valence-corrected chi connectivity index (χ2v) is 5.99. The van der Waals surface area contributed by atoms with Crippen LogP contribution < -0.4 is 5.73 Å². The molecule has 0 unspecified atom stereocenters. The minimum Gasteiger partial charge on any atom is -0.354 e. The zero-order valence-electron chi connectivity index (χ0n) is 10.7. The van der Waals surface area contributed by atoms with Gasteiger partial charge in [-0.2, -0.15) is 0 Å². The first-order chi connectivity index (χ1) is 9.74. The van der Waals surface area contributed by atoms with Crippen LogP contribution in [0.5, 0.6) is 0 Å². The lowest BCUT2D eigenvalue weighted by Crippen LogP contribution is -2.18. The van der Waals surface area contributed by atoms with Crippen molar-refractivity contribution in [3.05, 3.63) is 46.8 Å².